The van der Waals surface area contributed by atoms with Gasteiger partial charge in [0.25, 0.3) is 0 Å². The summed E-state index contributed by atoms with van der Waals surface area (Å²) in [6, 6.07) is 0. The molecule has 0 aromatic rings. The van der Waals surface area contributed by atoms with Crippen LogP contribution in [0.15, 0.2) is 12.7 Å². The van der Waals surface area contributed by atoms with Crippen LogP contribution in [0, 0.1) is 0 Å². The Bertz CT molecular complexity index is 330. The Labute approximate surface area is 146 Å². The third-order valence-electron chi connectivity index (χ3n) is 5.91. The van der Waals surface area contributed by atoms with Gasteiger partial charge in [-0.05, 0) is 23.0 Å². The van der Waals surface area contributed by atoms with Crippen LogP contribution in [-0.4, -0.2) is 32.6 Å². The van der Waals surface area contributed by atoms with E-state index in [-0.39, 0.29) is 6.10 Å². The number of rotatable bonds is 12. The van der Waals surface area contributed by atoms with Gasteiger partial charge in [-0.25, -0.2) is 0 Å². The van der Waals surface area contributed by atoms with Crippen molar-refractivity contribution in [1.29, 1.82) is 0 Å². The van der Waals surface area contributed by atoms with Gasteiger partial charge in [-0.2, -0.15) is 0 Å². The molecular weight excluding hydrogens is 300 g/mol. The van der Waals surface area contributed by atoms with Gasteiger partial charge in [0.05, 0.1) is 26.5 Å². The first-order valence-electron chi connectivity index (χ1n) is 9.71. The number of hydrogen-bond donors (Lipinski definition) is 0. The molecule has 1 rings (SSSR count). The molecular formula is C20H40O2Si. The van der Waals surface area contributed by atoms with Crippen LogP contribution >= 0.6 is 0 Å². The number of epoxide rings is 1. The Morgan fingerprint density at radius 3 is 2.04 bits per heavy atom. The van der Waals surface area contributed by atoms with Crippen molar-refractivity contribution in [3.8, 4) is 0 Å². The van der Waals surface area contributed by atoms with E-state index >= 15 is 0 Å². The summed E-state index contributed by atoms with van der Waals surface area (Å²) in [5, 5.41) is 0. The molecule has 1 fully saturated rings. The van der Waals surface area contributed by atoms with Crippen LogP contribution in [0.5, 0.6) is 0 Å². The Hall–Kier alpha value is -0.123. The lowest BCUT2D eigenvalue weighted by Crippen LogP contribution is -2.52. The molecule has 0 aromatic heterocycles. The zero-order valence-electron chi connectivity index (χ0n) is 16.6. The van der Waals surface area contributed by atoms with E-state index in [1.807, 2.05) is 6.08 Å². The third kappa shape index (κ3) is 4.70. The number of ether oxygens (including phenoxy) is 2. The summed E-state index contributed by atoms with van der Waals surface area (Å²) >= 11 is 0. The smallest absolute Gasteiger partial charge is 0.107 e. The van der Waals surface area contributed by atoms with Gasteiger partial charge in [-0.15, -0.1) is 6.58 Å². The average molecular weight is 341 g/mol. The molecule has 0 amide bonds. The van der Waals surface area contributed by atoms with Crippen LogP contribution in [-0.2, 0) is 9.47 Å². The van der Waals surface area contributed by atoms with E-state index in [4.69, 9.17) is 9.47 Å². The molecule has 3 heteroatoms. The molecule has 0 unspecified atom stereocenters. The van der Waals surface area contributed by atoms with Crippen LogP contribution in [0.25, 0.3) is 0 Å². The predicted octanol–water partition coefficient (Wildman–Crippen LogP) is 6.12. The van der Waals surface area contributed by atoms with Gasteiger partial charge in [0.2, 0.25) is 0 Å². The van der Waals surface area contributed by atoms with Crippen LogP contribution in [0.2, 0.25) is 16.6 Å². The fourth-order valence-electron chi connectivity index (χ4n) is 4.92. The van der Waals surface area contributed by atoms with Crippen molar-refractivity contribution >= 4 is 8.07 Å². The minimum Gasteiger partial charge on any atom is -0.371 e. The quantitative estimate of drug-likeness (QED) is 0.185. The minimum absolute atomic E-state index is 0.257. The van der Waals surface area contributed by atoms with Gasteiger partial charge in [-0.1, -0.05) is 73.8 Å². The van der Waals surface area contributed by atoms with Gasteiger partial charge >= 0.3 is 0 Å². The standard InChI is InChI=1S/C20H40O2Si/c1-9-11-12-13-18(21-14-10-2)19-20(22-19)23(15(3)4,16(5)6)17(7)8/h10,15-20H,2,9,11-14H2,1,3-8H3/t18-,19-,20-/m0/s1. The molecule has 23 heavy (non-hydrogen) atoms. The molecule has 1 aliphatic heterocycles. The fourth-order valence-corrected chi connectivity index (χ4v) is 12.1. The van der Waals surface area contributed by atoms with Gasteiger partial charge in [-0.3, -0.25) is 0 Å². The lowest BCUT2D eigenvalue weighted by Gasteiger charge is -2.42. The van der Waals surface area contributed by atoms with E-state index in [2.05, 4.69) is 55.0 Å². The molecule has 1 saturated heterocycles. The molecule has 136 valence electrons. The van der Waals surface area contributed by atoms with Gasteiger partial charge in [0.1, 0.15) is 6.10 Å². The normalized spacial score (nSPS) is 22.9. The fraction of sp³-hybridized carbons (Fsp3) is 0.900. The van der Waals surface area contributed by atoms with Crippen molar-refractivity contribution in [3.63, 3.8) is 0 Å². The SMILES string of the molecule is C=CCO[C@@H](CCCCC)[C@@H]1O[C@H]1[Si](C(C)C)(C(C)C)C(C)C. The number of hydrogen-bond acceptors (Lipinski definition) is 2. The van der Waals surface area contributed by atoms with Crippen molar-refractivity contribution in [1.82, 2.24) is 0 Å². The zero-order valence-corrected chi connectivity index (χ0v) is 17.6. The van der Waals surface area contributed by atoms with Crippen molar-refractivity contribution in [2.45, 2.75) is 109 Å². The van der Waals surface area contributed by atoms with Crippen LogP contribution in [0.3, 0.4) is 0 Å². The molecule has 2 nitrogen and oxygen atoms in total. The first kappa shape index (κ1) is 20.9. The summed E-state index contributed by atoms with van der Waals surface area (Å²) in [6.45, 7) is 21.2. The van der Waals surface area contributed by atoms with Crippen LogP contribution in [0.4, 0.5) is 0 Å². The summed E-state index contributed by atoms with van der Waals surface area (Å²) in [5.74, 6) is 0. The van der Waals surface area contributed by atoms with Gasteiger partial charge < -0.3 is 9.47 Å². The van der Waals surface area contributed by atoms with Crippen LogP contribution < -0.4 is 0 Å². The van der Waals surface area contributed by atoms with Crippen molar-refractivity contribution < 1.29 is 9.47 Å². The van der Waals surface area contributed by atoms with E-state index < -0.39 is 8.07 Å². The van der Waals surface area contributed by atoms with E-state index in [1.54, 1.807) is 0 Å². The van der Waals surface area contributed by atoms with Crippen LogP contribution in [0.1, 0.15) is 74.1 Å². The average Bonchev–Trinajstić information content (AvgIpc) is 3.22. The van der Waals surface area contributed by atoms with Gasteiger partial charge in [0.15, 0.2) is 0 Å². The molecule has 0 aromatic carbocycles. The van der Waals surface area contributed by atoms with Gasteiger partial charge in [0, 0.05) is 0 Å². The molecule has 0 saturated carbocycles. The highest BCUT2D eigenvalue weighted by molar-refractivity contribution is 6.85. The summed E-state index contributed by atoms with van der Waals surface area (Å²) < 4.78 is 12.5. The minimum atomic E-state index is -1.53. The highest BCUT2D eigenvalue weighted by Gasteiger charge is 2.62. The Morgan fingerprint density at radius 1 is 1.04 bits per heavy atom. The van der Waals surface area contributed by atoms with Crippen molar-refractivity contribution in [3.05, 3.63) is 12.7 Å². The highest BCUT2D eigenvalue weighted by atomic mass is 28.3. The molecule has 0 bridgehead atoms. The molecule has 0 spiro atoms. The topological polar surface area (TPSA) is 21.8 Å². The summed E-state index contributed by atoms with van der Waals surface area (Å²) in [4.78, 5) is 0. The lowest BCUT2D eigenvalue weighted by molar-refractivity contribution is 0.0439. The molecule has 0 radical (unpaired) electrons. The molecule has 1 aliphatic rings. The van der Waals surface area contributed by atoms with E-state index in [0.29, 0.717) is 18.4 Å². The zero-order chi connectivity index (χ0) is 17.6. The maximum atomic E-state index is 6.36. The second-order valence-corrected chi connectivity index (χ2v) is 14.2. The maximum absolute atomic E-state index is 6.36. The molecule has 1 heterocycles. The maximum Gasteiger partial charge on any atom is 0.107 e. The largest absolute Gasteiger partial charge is 0.371 e. The monoisotopic (exact) mass is 340 g/mol. The number of unbranched alkanes of at least 4 members (excludes halogenated alkanes) is 2. The summed E-state index contributed by atoms with van der Waals surface area (Å²) in [6.07, 6.45) is 7.35. The summed E-state index contributed by atoms with van der Waals surface area (Å²) in [5.41, 5.74) is 2.70. The van der Waals surface area contributed by atoms with E-state index in [9.17, 15) is 0 Å². The first-order valence-corrected chi connectivity index (χ1v) is 12.0. The Kier molecular flexibility index (Phi) is 8.54. The second-order valence-electron chi connectivity index (χ2n) is 8.14. The van der Waals surface area contributed by atoms with Crippen molar-refractivity contribution in [2.75, 3.05) is 6.61 Å². The Morgan fingerprint density at radius 2 is 1.61 bits per heavy atom. The van der Waals surface area contributed by atoms with E-state index in [1.165, 1.54) is 19.3 Å². The molecule has 3 atom stereocenters. The molecule has 0 aliphatic carbocycles. The Balaban J connectivity index is 2.86. The first-order chi connectivity index (χ1) is 10.8. The predicted molar refractivity (Wildman–Crippen MR) is 104 cm³/mol. The molecule has 0 N–H and O–H groups in total. The lowest BCUT2D eigenvalue weighted by atomic mass is 10.1. The second kappa shape index (κ2) is 9.38. The third-order valence-corrected chi connectivity index (χ3v) is 13.4. The van der Waals surface area contributed by atoms with E-state index in [0.717, 1.165) is 23.0 Å². The highest BCUT2D eigenvalue weighted by Crippen LogP contribution is 2.52. The summed E-state index contributed by atoms with van der Waals surface area (Å²) in [7, 11) is -1.53. The van der Waals surface area contributed by atoms with Crippen molar-refractivity contribution in [2.24, 2.45) is 0 Å².